The summed E-state index contributed by atoms with van der Waals surface area (Å²) < 4.78 is 27.8. The molecule has 1 rings (SSSR count). The topological polar surface area (TPSA) is 78.9 Å². The molecule has 0 saturated carbocycles. The lowest BCUT2D eigenvalue weighted by molar-refractivity contribution is 0.105. The molecule has 1 aliphatic rings. The van der Waals surface area contributed by atoms with E-state index >= 15 is 0 Å². The first-order chi connectivity index (χ1) is 7.95. The van der Waals surface area contributed by atoms with E-state index in [1.807, 2.05) is 5.48 Å². The van der Waals surface area contributed by atoms with E-state index in [4.69, 9.17) is 9.94 Å². The molecule has 1 saturated heterocycles. The van der Waals surface area contributed by atoms with Gasteiger partial charge in [-0.25, -0.2) is 13.9 Å². The third kappa shape index (κ3) is 3.62. The maximum Gasteiger partial charge on any atom is 0.154 e. The lowest BCUT2D eigenvalue weighted by Gasteiger charge is -2.40. The quantitative estimate of drug-likeness (QED) is 0.631. The first-order valence-electron chi connectivity index (χ1n) is 5.73. The van der Waals surface area contributed by atoms with Gasteiger partial charge in [0.05, 0.1) is 11.4 Å². The predicted octanol–water partition coefficient (Wildman–Crippen LogP) is -0.509. The van der Waals surface area contributed by atoms with Crippen LogP contribution >= 0.6 is 0 Å². The Kier molecular flexibility index (Phi) is 5.33. The van der Waals surface area contributed by atoms with E-state index < -0.39 is 14.6 Å². The molecule has 0 spiro atoms. The lowest BCUT2D eigenvalue weighted by Crippen LogP contribution is -2.54. The lowest BCUT2D eigenvalue weighted by atomic mass is 9.96. The highest BCUT2D eigenvalue weighted by Crippen LogP contribution is 2.29. The Balaban J connectivity index is 2.62. The van der Waals surface area contributed by atoms with Gasteiger partial charge in [-0.3, -0.25) is 0 Å². The molecule has 0 atom stereocenters. The highest BCUT2D eigenvalue weighted by Gasteiger charge is 2.43. The summed E-state index contributed by atoms with van der Waals surface area (Å²) in [5, 5.41) is 8.81. The zero-order valence-corrected chi connectivity index (χ0v) is 11.3. The van der Waals surface area contributed by atoms with E-state index in [-0.39, 0.29) is 6.54 Å². The number of piperidine rings is 1. The molecule has 0 aliphatic carbocycles. The molecular formula is C10H22N2O4S. The van der Waals surface area contributed by atoms with Gasteiger partial charge in [0.25, 0.3) is 0 Å². The van der Waals surface area contributed by atoms with Crippen molar-refractivity contribution in [3.05, 3.63) is 0 Å². The fourth-order valence-electron chi connectivity index (χ4n) is 2.23. The van der Waals surface area contributed by atoms with Gasteiger partial charge in [-0.2, -0.15) is 0 Å². The molecule has 1 aliphatic heterocycles. The standard InChI is InChI=1S/C10H22N2O4S/c1-16-8-7-12-5-3-10(4-6-12,9-11-13)17(2,14)15/h11,13H,3-9H2,1-2H3. The van der Waals surface area contributed by atoms with Crippen LogP contribution in [0.15, 0.2) is 0 Å². The molecule has 0 aromatic rings. The van der Waals surface area contributed by atoms with Gasteiger partial charge in [0, 0.05) is 26.5 Å². The molecule has 0 unspecified atom stereocenters. The minimum atomic E-state index is -3.17. The van der Waals surface area contributed by atoms with Crippen molar-refractivity contribution < 1.29 is 18.4 Å². The van der Waals surface area contributed by atoms with Crippen LogP contribution in [0.4, 0.5) is 0 Å². The molecule has 0 amide bonds. The molecule has 7 heteroatoms. The van der Waals surface area contributed by atoms with Gasteiger partial charge in [-0.15, -0.1) is 0 Å². The summed E-state index contributed by atoms with van der Waals surface area (Å²) in [4.78, 5) is 2.18. The van der Waals surface area contributed by atoms with Crippen molar-refractivity contribution in [3.8, 4) is 0 Å². The normalized spacial score (nSPS) is 21.6. The van der Waals surface area contributed by atoms with Crippen LogP contribution in [0.1, 0.15) is 12.8 Å². The van der Waals surface area contributed by atoms with Crippen LogP contribution in [0.2, 0.25) is 0 Å². The Bertz CT molecular complexity index is 323. The van der Waals surface area contributed by atoms with E-state index in [0.29, 0.717) is 19.4 Å². The highest BCUT2D eigenvalue weighted by atomic mass is 32.2. The number of nitrogens with one attached hydrogen (secondary N) is 1. The van der Waals surface area contributed by atoms with Crippen LogP contribution in [-0.4, -0.2) is 69.4 Å². The van der Waals surface area contributed by atoms with Crippen molar-refractivity contribution in [2.24, 2.45) is 0 Å². The van der Waals surface area contributed by atoms with Crippen molar-refractivity contribution in [2.75, 3.05) is 46.2 Å². The largest absolute Gasteiger partial charge is 0.383 e. The van der Waals surface area contributed by atoms with Gasteiger partial charge >= 0.3 is 0 Å². The highest BCUT2D eigenvalue weighted by molar-refractivity contribution is 7.92. The molecule has 1 heterocycles. The first kappa shape index (κ1) is 14.8. The van der Waals surface area contributed by atoms with Crippen molar-refractivity contribution in [1.82, 2.24) is 10.4 Å². The maximum absolute atomic E-state index is 11.8. The molecule has 17 heavy (non-hydrogen) atoms. The summed E-state index contributed by atoms with van der Waals surface area (Å²) in [6.07, 6.45) is 2.33. The molecule has 102 valence electrons. The van der Waals surface area contributed by atoms with Crippen LogP contribution < -0.4 is 5.48 Å². The first-order valence-corrected chi connectivity index (χ1v) is 7.62. The van der Waals surface area contributed by atoms with E-state index in [9.17, 15) is 8.42 Å². The minimum Gasteiger partial charge on any atom is -0.383 e. The van der Waals surface area contributed by atoms with Gasteiger partial charge in [0.1, 0.15) is 0 Å². The third-order valence-electron chi connectivity index (χ3n) is 3.57. The molecule has 0 radical (unpaired) electrons. The van der Waals surface area contributed by atoms with Crippen molar-refractivity contribution in [3.63, 3.8) is 0 Å². The number of ether oxygens (including phenoxy) is 1. The number of hydrogen-bond acceptors (Lipinski definition) is 6. The number of methoxy groups -OCH3 is 1. The Morgan fingerprint density at radius 1 is 1.41 bits per heavy atom. The second-order valence-corrected chi connectivity index (χ2v) is 7.03. The van der Waals surface area contributed by atoms with Crippen LogP contribution in [-0.2, 0) is 14.6 Å². The van der Waals surface area contributed by atoms with Crippen molar-refractivity contribution in [1.29, 1.82) is 0 Å². The van der Waals surface area contributed by atoms with Gasteiger partial charge in [-0.1, -0.05) is 0 Å². The fourth-order valence-corrected chi connectivity index (χ4v) is 3.48. The molecular weight excluding hydrogens is 244 g/mol. The van der Waals surface area contributed by atoms with E-state index in [0.717, 1.165) is 19.6 Å². The number of hydrogen-bond donors (Lipinski definition) is 2. The fraction of sp³-hybridized carbons (Fsp3) is 1.00. The summed E-state index contributed by atoms with van der Waals surface area (Å²) in [6.45, 7) is 3.02. The zero-order valence-electron chi connectivity index (χ0n) is 10.5. The second kappa shape index (κ2) is 6.10. The van der Waals surface area contributed by atoms with Gasteiger partial charge in [0.15, 0.2) is 9.84 Å². The third-order valence-corrected chi connectivity index (χ3v) is 5.69. The average Bonchev–Trinajstić information content (AvgIpc) is 2.27. The summed E-state index contributed by atoms with van der Waals surface area (Å²) in [5.74, 6) is 0. The van der Waals surface area contributed by atoms with Crippen LogP contribution in [0.25, 0.3) is 0 Å². The average molecular weight is 266 g/mol. The number of hydroxylamine groups is 1. The second-order valence-electron chi connectivity index (χ2n) is 4.62. The minimum absolute atomic E-state index is 0.101. The maximum atomic E-state index is 11.8. The molecule has 0 bridgehead atoms. The van der Waals surface area contributed by atoms with Crippen LogP contribution in [0.5, 0.6) is 0 Å². The van der Waals surface area contributed by atoms with Gasteiger partial charge in [0.2, 0.25) is 0 Å². The summed E-state index contributed by atoms with van der Waals surface area (Å²) in [7, 11) is -1.52. The number of rotatable bonds is 6. The molecule has 1 fully saturated rings. The van der Waals surface area contributed by atoms with Crippen LogP contribution in [0.3, 0.4) is 0 Å². The van der Waals surface area contributed by atoms with Crippen molar-refractivity contribution >= 4 is 9.84 Å². The smallest absolute Gasteiger partial charge is 0.154 e. The SMILES string of the molecule is COCCN1CCC(CNO)(S(C)(=O)=O)CC1. The molecule has 0 aromatic carbocycles. The van der Waals surface area contributed by atoms with E-state index in [1.54, 1.807) is 7.11 Å². The number of nitrogens with zero attached hydrogens (tertiary/aromatic N) is 1. The van der Waals surface area contributed by atoms with Crippen LogP contribution in [0, 0.1) is 0 Å². The Morgan fingerprint density at radius 3 is 2.41 bits per heavy atom. The monoisotopic (exact) mass is 266 g/mol. The summed E-state index contributed by atoms with van der Waals surface area (Å²) in [6, 6.07) is 0. The molecule has 0 aromatic heterocycles. The number of sulfone groups is 1. The summed E-state index contributed by atoms with van der Waals surface area (Å²) >= 11 is 0. The van der Waals surface area contributed by atoms with Gasteiger partial charge in [-0.05, 0) is 25.9 Å². The molecule has 2 N–H and O–H groups in total. The Morgan fingerprint density at radius 2 is 2.00 bits per heavy atom. The Hall–Kier alpha value is -0.210. The van der Waals surface area contributed by atoms with Crippen molar-refractivity contribution in [2.45, 2.75) is 17.6 Å². The van der Waals surface area contributed by atoms with E-state index in [1.165, 1.54) is 6.26 Å². The van der Waals surface area contributed by atoms with E-state index in [2.05, 4.69) is 4.90 Å². The van der Waals surface area contributed by atoms with Gasteiger partial charge < -0.3 is 14.8 Å². The Labute approximate surface area is 103 Å². The summed E-state index contributed by atoms with van der Waals surface area (Å²) in [5.41, 5.74) is 2.02. The number of likely N-dealkylation sites (tertiary alicyclic amines) is 1. The zero-order chi connectivity index (χ0) is 12.9. The predicted molar refractivity (Wildman–Crippen MR) is 64.9 cm³/mol. The molecule has 6 nitrogen and oxygen atoms in total.